The number of hydrogen-bond acceptors (Lipinski definition) is 5. The van der Waals surface area contributed by atoms with Crippen LogP contribution in [-0.4, -0.2) is 15.0 Å². The molecule has 0 amide bonds. The third-order valence-corrected chi connectivity index (χ3v) is 4.37. The van der Waals surface area contributed by atoms with E-state index in [1.165, 1.54) is 11.3 Å². The molecule has 2 aromatic rings. The average molecular weight is 253 g/mol. The van der Waals surface area contributed by atoms with E-state index >= 15 is 0 Å². The van der Waals surface area contributed by atoms with Crippen LogP contribution in [0.1, 0.15) is 11.3 Å². The van der Waals surface area contributed by atoms with Gasteiger partial charge in [-0.05, 0) is 0 Å². The first-order valence-corrected chi connectivity index (χ1v) is 6.87. The minimum Gasteiger partial charge on any atom is -0.341 e. The predicted octanol–water partition coefficient (Wildman–Crippen LogP) is 3.01. The van der Waals surface area contributed by atoms with Crippen molar-refractivity contribution >= 4 is 35.3 Å². The van der Waals surface area contributed by atoms with E-state index < -0.39 is 0 Å². The molecule has 0 radical (unpaired) electrons. The maximum absolute atomic E-state index is 5.28. The Kier molecular flexibility index (Phi) is 2.34. The maximum atomic E-state index is 5.28. The monoisotopic (exact) mass is 253 g/mol. The van der Waals surface area contributed by atoms with Crippen LogP contribution in [0, 0.1) is 4.64 Å². The quantitative estimate of drug-likeness (QED) is 0.793. The number of rotatable bonds is 1. The molecule has 0 unspecified atom stereocenters. The van der Waals surface area contributed by atoms with Crippen molar-refractivity contribution < 1.29 is 0 Å². The van der Waals surface area contributed by atoms with E-state index in [1.807, 2.05) is 18.0 Å². The second-order valence-electron chi connectivity index (χ2n) is 3.21. The van der Waals surface area contributed by atoms with E-state index in [9.17, 15) is 0 Å². The lowest BCUT2D eigenvalue weighted by Gasteiger charge is -2.02. The molecule has 3 nitrogen and oxygen atoms in total. The van der Waals surface area contributed by atoms with E-state index in [-0.39, 0.29) is 0 Å². The van der Waals surface area contributed by atoms with Crippen molar-refractivity contribution in [3.8, 4) is 10.7 Å². The Hall–Kier alpha value is -0.720. The van der Waals surface area contributed by atoms with Crippen LogP contribution in [0.5, 0.6) is 0 Å². The van der Waals surface area contributed by atoms with Gasteiger partial charge in [-0.25, -0.2) is 4.98 Å². The molecular weight excluding hydrogens is 246 g/mol. The lowest BCUT2D eigenvalue weighted by atomic mass is 10.3. The highest BCUT2D eigenvalue weighted by Crippen LogP contribution is 2.30. The Balaban J connectivity index is 2.20. The first-order valence-electron chi connectivity index (χ1n) is 4.43. The molecule has 1 aliphatic rings. The van der Waals surface area contributed by atoms with Crippen LogP contribution in [0.4, 0.5) is 0 Å². The van der Waals surface area contributed by atoms with E-state index in [2.05, 4.69) is 15.0 Å². The Bertz CT molecular complexity index is 544. The van der Waals surface area contributed by atoms with Gasteiger partial charge in [0.1, 0.15) is 4.64 Å². The summed E-state index contributed by atoms with van der Waals surface area (Å²) in [5.74, 6) is 2.84. The number of H-pyrrole nitrogens is 1. The molecule has 15 heavy (non-hydrogen) atoms. The fourth-order valence-electron chi connectivity index (χ4n) is 1.52. The molecule has 1 aliphatic heterocycles. The van der Waals surface area contributed by atoms with Gasteiger partial charge in [-0.2, -0.15) is 11.8 Å². The van der Waals surface area contributed by atoms with Crippen molar-refractivity contribution in [2.24, 2.45) is 0 Å². The molecule has 0 fully saturated rings. The third-order valence-electron chi connectivity index (χ3n) is 2.26. The molecule has 0 atom stereocenters. The Labute approximate surface area is 100.0 Å². The normalized spacial score (nSPS) is 14.1. The SMILES string of the molecule is S=c1nc(-c2cncs2)[nH]c2c1CSC2. The number of nitrogens with one attached hydrogen (secondary N) is 1. The van der Waals surface area contributed by atoms with Crippen LogP contribution >= 0.6 is 35.3 Å². The molecule has 3 rings (SSSR count). The van der Waals surface area contributed by atoms with Crippen LogP contribution < -0.4 is 0 Å². The number of nitrogens with zero attached hydrogens (tertiary/aromatic N) is 2. The minimum atomic E-state index is 0.733. The number of hydrogen-bond donors (Lipinski definition) is 1. The zero-order valence-corrected chi connectivity index (χ0v) is 10.1. The second-order valence-corrected chi connectivity index (χ2v) is 5.46. The van der Waals surface area contributed by atoms with Gasteiger partial charge in [0.05, 0.1) is 10.4 Å². The summed E-state index contributed by atoms with van der Waals surface area (Å²) in [5, 5.41) is 0. The summed E-state index contributed by atoms with van der Waals surface area (Å²) in [4.78, 5) is 12.8. The summed E-state index contributed by atoms with van der Waals surface area (Å²) in [5.41, 5.74) is 4.22. The van der Waals surface area contributed by atoms with Crippen LogP contribution in [-0.2, 0) is 11.5 Å². The van der Waals surface area contributed by atoms with Crippen molar-refractivity contribution in [3.63, 3.8) is 0 Å². The molecule has 0 saturated heterocycles. The number of aromatic amines is 1. The summed E-state index contributed by atoms with van der Waals surface area (Å²) < 4.78 is 0.733. The summed E-state index contributed by atoms with van der Waals surface area (Å²) in [7, 11) is 0. The molecule has 76 valence electrons. The highest BCUT2D eigenvalue weighted by atomic mass is 32.2. The van der Waals surface area contributed by atoms with Crippen LogP contribution in [0.2, 0.25) is 0 Å². The van der Waals surface area contributed by atoms with Gasteiger partial charge in [0.25, 0.3) is 0 Å². The Morgan fingerprint density at radius 3 is 3.13 bits per heavy atom. The molecular formula is C9H7N3S3. The summed E-state index contributed by atoms with van der Waals surface area (Å²) >= 11 is 8.72. The average Bonchev–Trinajstić information content (AvgIpc) is 2.88. The summed E-state index contributed by atoms with van der Waals surface area (Å²) in [6.45, 7) is 0. The van der Waals surface area contributed by atoms with Crippen molar-refractivity contribution in [3.05, 3.63) is 27.6 Å². The third kappa shape index (κ3) is 1.62. The first kappa shape index (κ1) is 9.50. The fraction of sp³-hybridized carbons (Fsp3) is 0.222. The lowest BCUT2D eigenvalue weighted by Crippen LogP contribution is -1.95. The van der Waals surface area contributed by atoms with E-state index in [1.54, 1.807) is 16.8 Å². The topological polar surface area (TPSA) is 41.6 Å². The Morgan fingerprint density at radius 1 is 1.40 bits per heavy atom. The molecule has 0 saturated carbocycles. The highest BCUT2D eigenvalue weighted by Gasteiger charge is 2.16. The molecule has 6 heteroatoms. The smallest absolute Gasteiger partial charge is 0.150 e. The maximum Gasteiger partial charge on any atom is 0.150 e. The minimum absolute atomic E-state index is 0.733. The van der Waals surface area contributed by atoms with Gasteiger partial charge in [-0.15, -0.1) is 11.3 Å². The first-order chi connectivity index (χ1) is 7.34. The number of thiazole rings is 1. The molecule has 3 heterocycles. The van der Waals surface area contributed by atoms with Crippen LogP contribution in [0.15, 0.2) is 11.7 Å². The van der Waals surface area contributed by atoms with Gasteiger partial charge >= 0.3 is 0 Å². The molecule has 1 N–H and O–H groups in total. The van der Waals surface area contributed by atoms with E-state index in [4.69, 9.17) is 12.2 Å². The largest absolute Gasteiger partial charge is 0.341 e. The fourth-order valence-corrected chi connectivity index (χ4v) is 3.53. The van der Waals surface area contributed by atoms with Gasteiger partial charge < -0.3 is 4.98 Å². The van der Waals surface area contributed by atoms with Gasteiger partial charge in [0.2, 0.25) is 0 Å². The molecule has 0 spiro atoms. The summed E-state index contributed by atoms with van der Waals surface area (Å²) in [6.07, 6.45) is 1.81. The molecule has 0 bridgehead atoms. The van der Waals surface area contributed by atoms with Crippen molar-refractivity contribution in [2.45, 2.75) is 11.5 Å². The zero-order valence-electron chi connectivity index (χ0n) is 7.69. The standard InChI is InChI=1S/C9H7N3S3/c13-9-5-2-14-3-6(5)11-8(12-9)7-1-10-4-15-7/h1,4H,2-3H2,(H,11,12,13). The second kappa shape index (κ2) is 3.70. The van der Waals surface area contributed by atoms with Gasteiger partial charge in [-0.1, -0.05) is 12.2 Å². The zero-order chi connectivity index (χ0) is 10.3. The van der Waals surface area contributed by atoms with Gasteiger partial charge in [0.15, 0.2) is 5.82 Å². The van der Waals surface area contributed by atoms with Crippen molar-refractivity contribution in [2.75, 3.05) is 0 Å². The molecule has 0 aliphatic carbocycles. The number of thioether (sulfide) groups is 1. The van der Waals surface area contributed by atoms with E-state index in [0.29, 0.717) is 0 Å². The molecule has 0 aromatic carbocycles. The number of aromatic nitrogens is 3. The summed E-state index contributed by atoms with van der Waals surface area (Å²) in [6, 6.07) is 0. The van der Waals surface area contributed by atoms with Crippen molar-refractivity contribution in [1.82, 2.24) is 15.0 Å². The van der Waals surface area contributed by atoms with Crippen molar-refractivity contribution in [1.29, 1.82) is 0 Å². The van der Waals surface area contributed by atoms with E-state index in [0.717, 1.165) is 26.8 Å². The van der Waals surface area contributed by atoms with Crippen LogP contribution in [0.25, 0.3) is 10.7 Å². The molecule has 2 aromatic heterocycles. The Morgan fingerprint density at radius 2 is 2.33 bits per heavy atom. The predicted molar refractivity (Wildman–Crippen MR) is 65.5 cm³/mol. The lowest BCUT2D eigenvalue weighted by molar-refractivity contribution is 1.06. The number of fused-ring (bicyclic) bond motifs is 1. The van der Waals surface area contributed by atoms with Gasteiger partial charge in [0, 0.05) is 29.0 Å². The van der Waals surface area contributed by atoms with Crippen LogP contribution in [0.3, 0.4) is 0 Å². The van der Waals surface area contributed by atoms with Gasteiger partial charge in [-0.3, -0.25) is 4.98 Å². The highest BCUT2D eigenvalue weighted by molar-refractivity contribution is 7.98.